The zero-order chi connectivity index (χ0) is 19.3. The van der Waals surface area contributed by atoms with Gasteiger partial charge in [-0.25, -0.2) is 8.42 Å². The van der Waals surface area contributed by atoms with E-state index in [9.17, 15) is 13.2 Å². The van der Waals surface area contributed by atoms with Crippen molar-refractivity contribution in [1.29, 1.82) is 0 Å². The highest BCUT2D eigenvalue weighted by atomic mass is 32.2. The summed E-state index contributed by atoms with van der Waals surface area (Å²) in [6.45, 7) is 1.74. The van der Waals surface area contributed by atoms with Gasteiger partial charge < -0.3 is 5.32 Å². The van der Waals surface area contributed by atoms with E-state index in [0.29, 0.717) is 5.69 Å². The molecule has 0 unspecified atom stereocenters. The standard InChI is InChI=1S/C21H26N2O3S/c1-17-10-8-9-15-20(17)22-21(24)16-23(18-11-4-2-5-12-18)27(25,26)19-13-6-3-7-14-19/h3,6-10,13-15,18H,2,4-5,11-12,16H2,1H3,(H,22,24). The summed E-state index contributed by atoms with van der Waals surface area (Å²) in [6, 6.07) is 15.7. The molecule has 0 heterocycles. The lowest BCUT2D eigenvalue weighted by atomic mass is 9.95. The molecule has 0 saturated heterocycles. The normalized spacial score (nSPS) is 15.6. The number of hydrogen-bond donors (Lipinski definition) is 1. The first-order chi connectivity index (χ1) is 13.0. The Bertz CT molecular complexity index is 875. The lowest BCUT2D eigenvalue weighted by molar-refractivity contribution is -0.116. The Labute approximate surface area is 161 Å². The van der Waals surface area contributed by atoms with Crippen LogP contribution in [0.5, 0.6) is 0 Å². The van der Waals surface area contributed by atoms with Gasteiger partial charge in [-0.05, 0) is 43.5 Å². The van der Waals surface area contributed by atoms with Gasteiger partial charge in [-0.3, -0.25) is 4.79 Å². The molecule has 1 fully saturated rings. The number of carbonyl (C=O) groups excluding carboxylic acids is 1. The molecule has 0 aromatic heterocycles. The average Bonchev–Trinajstić information content (AvgIpc) is 2.69. The van der Waals surface area contributed by atoms with Crippen molar-refractivity contribution in [1.82, 2.24) is 4.31 Å². The number of nitrogens with one attached hydrogen (secondary N) is 1. The molecule has 144 valence electrons. The summed E-state index contributed by atoms with van der Waals surface area (Å²) >= 11 is 0. The molecule has 2 aromatic carbocycles. The average molecular weight is 387 g/mol. The molecule has 3 rings (SSSR count). The molecule has 0 aliphatic heterocycles. The maximum Gasteiger partial charge on any atom is 0.243 e. The van der Waals surface area contributed by atoms with Crippen LogP contribution in [0.4, 0.5) is 5.69 Å². The van der Waals surface area contributed by atoms with Crippen LogP contribution in [0.1, 0.15) is 37.7 Å². The molecule has 1 aliphatic rings. The van der Waals surface area contributed by atoms with E-state index < -0.39 is 10.0 Å². The number of carbonyl (C=O) groups is 1. The molecule has 27 heavy (non-hydrogen) atoms. The third kappa shape index (κ3) is 4.76. The number of sulfonamides is 1. The fraction of sp³-hybridized carbons (Fsp3) is 0.381. The first-order valence-corrected chi connectivity index (χ1v) is 10.8. The van der Waals surface area contributed by atoms with Crippen LogP contribution < -0.4 is 5.32 Å². The van der Waals surface area contributed by atoms with E-state index in [4.69, 9.17) is 0 Å². The smallest absolute Gasteiger partial charge is 0.243 e. The third-order valence-corrected chi connectivity index (χ3v) is 6.96. The first-order valence-electron chi connectivity index (χ1n) is 9.41. The number of rotatable bonds is 6. The van der Waals surface area contributed by atoms with Crippen LogP contribution in [0.15, 0.2) is 59.5 Å². The largest absolute Gasteiger partial charge is 0.325 e. The highest BCUT2D eigenvalue weighted by molar-refractivity contribution is 7.89. The Morgan fingerprint density at radius 2 is 1.63 bits per heavy atom. The molecule has 0 bridgehead atoms. The number of nitrogens with zero attached hydrogens (tertiary/aromatic N) is 1. The van der Waals surface area contributed by atoms with E-state index in [1.165, 1.54) is 4.31 Å². The van der Waals surface area contributed by atoms with Crippen LogP contribution in [-0.4, -0.2) is 31.2 Å². The number of para-hydroxylation sites is 1. The third-order valence-electron chi connectivity index (χ3n) is 5.05. The Morgan fingerprint density at radius 1 is 1.00 bits per heavy atom. The van der Waals surface area contributed by atoms with E-state index in [-0.39, 0.29) is 23.4 Å². The van der Waals surface area contributed by atoms with Crippen molar-refractivity contribution in [2.75, 3.05) is 11.9 Å². The van der Waals surface area contributed by atoms with E-state index in [0.717, 1.165) is 37.7 Å². The van der Waals surface area contributed by atoms with Gasteiger partial charge in [0.05, 0.1) is 11.4 Å². The Morgan fingerprint density at radius 3 is 2.30 bits per heavy atom. The van der Waals surface area contributed by atoms with Crippen molar-refractivity contribution in [2.24, 2.45) is 0 Å². The number of benzene rings is 2. The van der Waals surface area contributed by atoms with Gasteiger partial charge in [0.2, 0.25) is 15.9 Å². The van der Waals surface area contributed by atoms with Gasteiger partial charge in [0.15, 0.2) is 0 Å². The zero-order valence-electron chi connectivity index (χ0n) is 15.6. The predicted molar refractivity (Wildman–Crippen MR) is 107 cm³/mol. The lowest BCUT2D eigenvalue weighted by Gasteiger charge is -2.33. The Kier molecular flexibility index (Phi) is 6.29. The molecule has 6 heteroatoms. The van der Waals surface area contributed by atoms with Crippen LogP contribution in [0.25, 0.3) is 0 Å². The SMILES string of the molecule is Cc1ccccc1NC(=O)CN(C1CCCCC1)S(=O)(=O)c1ccccc1. The lowest BCUT2D eigenvalue weighted by Crippen LogP contribution is -2.45. The molecule has 1 aliphatic carbocycles. The molecule has 1 N–H and O–H groups in total. The van der Waals surface area contributed by atoms with Gasteiger partial charge in [0, 0.05) is 11.7 Å². The monoisotopic (exact) mass is 386 g/mol. The van der Waals surface area contributed by atoms with Crippen molar-refractivity contribution in [3.63, 3.8) is 0 Å². The molecule has 1 saturated carbocycles. The van der Waals surface area contributed by atoms with Gasteiger partial charge >= 0.3 is 0 Å². The van der Waals surface area contributed by atoms with Gasteiger partial charge in [0.1, 0.15) is 0 Å². The number of anilines is 1. The van der Waals surface area contributed by atoms with E-state index in [1.807, 2.05) is 31.2 Å². The molecular formula is C21H26N2O3S. The highest BCUT2D eigenvalue weighted by Crippen LogP contribution is 2.28. The molecule has 5 nitrogen and oxygen atoms in total. The number of aryl methyl sites for hydroxylation is 1. The van der Waals surface area contributed by atoms with Crippen LogP contribution in [-0.2, 0) is 14.8 Å². The second-order valence-corrected chi connectivity index (χ2v) is 8.91. The second kappa shape index (κ2) is 8.67. The first kappa shape index (κ1) is 19.6. The minimum absolute atomic E-state index is 0.133. The maximum absolute atomic E-state index is 13.2. The van der Waals surface area contributed by atoms with E-state index in [1.54, 1.807) is 30.3 Å². The van der Waals surface area contributed by atoms with Crippen LogP contribution >= 0.6 is 0 Å². The summed E-state index contributed by atoms with van der Waals surface area (Å²) in [4.78, 5) is 12.9. The van der Waals surface area contributed by atoms with Crippen LogP contribution in [0, 0.1) is 6.92 Å². The van der Waals surface area contributed by atoms with Crippen molar-refractivity contribution >= 4 is 21.6 Å². The summed E-state index contributed by atoms with van der Waals surface area (Å²) in [5.74, 6) is -0.311. The molecular weight excluding hydrogens is 360 g/mol. The molecule has 1 amide bonds. The predicted octanol–water partition coefficient (Wildman–Crippen LogP) is 3.96. The van der Waals surface area contributed by atoms with Crippen LogP contribution in [0.3, 0.4) is 0 Å². The zero-order valence-corrected chi connectivity index (χ0v) is 16.4. The van der Waals surface area contributed by atoms with Gasteiger partial charge in [-0.2, -0.15) is 4.31 Å². The minimum atomic E-state index is -3.73. The van der Waals surface area contributed by atoms with Gasteiger partial charge in [0.25, 0.3) is 0 Å². The topological polar surface area (TPSA) is 66.5 Å². The summed E-state index contributed by atoms with van der Waals surface area (Å²) in [7, 11) is -3.73. The number of amides is 1. The second-order valence-electron chi connectivity index (χ2n) is 7.02. The summed E-state index contributed by atoms with van der Waals surface area (Å²) < 4.78 is 27.9. The fourth-order valence-electron chi connectivity index (χ4n) is 3.55. The summed E-state index contributed by atoms with van der Waals surface area (Å²) in [6.07, 6.45) is 4.69. The van der Waals surface area contributed by atoms with Crippen LogP contribution in [0.2, 0.25) is 0 Å². The molecule has 2 aromatic rings. The van der Waals surface area contributed by atoms with Gasteiger partial charge in [-0.1, -0.05) is 55.7 Å². The maximum atomic E-state index is 13.2. The fourth-order valence-corrected chi connectivity index (χ4v) is 5.21. The summed E-state index contributed by atoms with van der Waals surface area (Å²) in [5, 5.41) is 2.86. The molecule has 0 atom stereocenters. The number of hydrogen-bond acceptors (Lipinski definition) is 3. The van der Waals surface area contributed by atoms with Gasteiger partial charge in [-0.15, -0.1) is 0 Å². The van der Waals surface area contributed by atoms with E-state index >= 15 is 0 Å². The Hall–Kier alpha value is -2.18. The van der Waals surface area contributed by atoms with E-state index in [2.05, 4.69) is 5.32 Å². The van der Waals surface area contributed by atoms with Crippen molar-refractivity contribution in [3.05, 3.63) is 60.2 Å². The highest BCUT2D eigenvalue weighted by Gasteiger charge is 2.33. The van der Waals surface area contributed by atoms with Crippen molar-refractivity contribution in [2.45, 2.75) is 50.0 Å². The van der Waals surface area contributed by atoms with Crippen molar-refractivity contribution < 1.29 is 13.2 Å². The van der Waals surface area contributed by atoms with Crippen molar-refractivity contribution in [3.8, 4) is 0 Å². The quantitative estimate of drug-likeness (QED) is 0.817. The minimum Gasteiger partial charge on any atom is -0.325 e. The Balaban J connectivity index is 1.84. The molecule has 0 radical (unpaired) electrons. The summed E-state index contributed by atoms with van der Waals surface area (Å²) in [5.41, 5.74) is 1.66. The molecule has 0 spiro atoms.